The second kappa shape index (κ2) is 4.51. The van der Waals surface area contributed by atoms with E-state index in [1.54, 1.807) is 0 Å². The van der Waals surface area contributed by atoms with Crippen molar-refractivity contribution in [1.82, 2.24) is 6.15 Å². The zero-order chi connectivity index (χ0) is 5.86. The van der Waals surface area contributed by atoms with E-state index in [1.807, 2.05) is 0 Å². The fourth-order valence-electron chi connectivity index (χ4n) is 0.0781. The molecule has 7 N–H and O–H groups in total. The highest BCUT2D eigenvalue weighted by atomic mass is 16.4. The summed E-state index contributed by atoms with van der Waals surface area (Å²) in [5, 5.41) is 15.9. The van der Waals surface area contributed by atoms with Crippen LogP contribution in [0.2, 0.25) is 0 Å². The molecule has 1 atom stereocenters. The Morgan fingerprint density at radius 2 is 2.12 bits per heavy atom. The van der Waals surface area contributed by atoms with E-state index in [9.17, 15) is 4.79 Å². The van der Waals surface area contributed by atoms with Gasteiger partial charge in [-0.25, -0.2) is 0 Å². The minimum atomic E-state index is -1.18. The number of aliphatic hydroxyl groups is 1. The molecule has 0 heterocycles. The van der Waals surface area contributed by atoms with E-state index in [4.69, 9.17) is 15.9 Å². The van der Waals surface area contributed by atoms with Crippen molar-refractivity contribution in [1.29, 1.82) is 0 Å². The summed E-state index contributed by atoms with van der Waals surface area (Å²) in [6, 6.07) is -1.13. The van der Waals surface area contributed by atoms with Crippen LogP contribution < -0.4 is 11.9 Å². The van der Waals surface area contributed by atoms with Gasteiger partial charge in [0.1, 0.15) is 6.04 Å². The van der Waals surface area contributed by atoms with Crippen LogP contribution in [0, 0.1) is 0 Å². The highest BCUT2D eigenvalue weighted by molar-refractivity contribution is 5.73. The molecule has 0 aromatic carbocycles. The number of carboxylic acids is 1. The van der Waals surface area contributed by atoms with Gasteiger partial charge in [-0.15, -0.1) is 0 Å². The van der Waals surface area contributed by atoms with Gasteiger partial charge in [0.2, 0.25) is 0 Å². The van der Waals surface area contributed by atoms with E-state index < -0.39 is 18.6 Å². The quantitative estimate of drug-likeness (QED) is 0.357. The van der Waals surface area contributed by atoms with E-state index >= 15 is 0 Å². The number of rotatable bonds is 2. The van der Waals surface area contributed by atoms with Crippen LogP contribution in [0.1, 0.15) is 0 Å². The summed E-state index contributed by atoms with van der Waals surface area (Å²) in [5.41, 5.74) is 4.77. The highest BCUT2D eigenvalue weighted by Gasteiger charge is 2.06. The summed E-state index contributed by atoms with van der Waals surface area (Å²) in [6.07, 6.45) is 0. The van der Waals surface area contributed by atoms with Crippen molar-refractivity contribution < 1.29 is 15.0 Å². The molecular formula is C3H10N2O3. The Balaban J connectivity index is 0. The van der Waals surface area contributed by atoms with Crippen molar-refractivity contribution in [2.75, 3.05) is 6.61 Å². The third-order valence-electron chi connectivity index (χ3n) is 0.514. The minimum Gasteiger partial charge on any atom is -0.480 e. The van der Waals surface area contributed by atoms with Crippen molar-refractivity contribution in [3.8, 4) is 0 Å². The van der Waals surface area contributed by atoms with E-state index in [0.717, 1.165) is 0 Å². The van der Waals surface area contributed by atoms with Crippen molar-refractivity contribution in [2.24, 2.45) is 5.73 Å². The fourth-order valence-corrected chi connectivity index (χ4v) is 0.0781. The Morgan fingerprint density at radius 1 is 1.75 bits per heavy atom. The van der Waals surface area contributed by atoms with Crippen molar-refractivity contribution in [3.63, 3.8) is 0 Å². The van der Waals surface area contributed by atoms with Crippen molar-refractivity contribution >= 4 is 5.97 Å². The summed E-state index contributed by atoms with van der Waals surface area (Å²) in [7, 11) is 0. The van der Waals surface area contributed by atoms with Crippen LogP contribution in [-0.2, 0) is 4.79 Å². The second-order valence-electron chi connectivity index (χ2n) is 1.13. The molecule has 8 heavy (non-hydrogen) atoms. The predicted octanol–water partition coefficient (Wildman–Crippen LogP) is -1.45. The average Bonchev–Trinajstić information content (AvgIpc) is 1.65. The van der Waals surface area contributed by atoms with Crippen LogP contribution in [0.3, 0.4) is 0 Å². The minimum absolute atomic E-state index is 0. The molecule has 0 fully saturated rings. The monoisotopic (exact) mass is 122 g/mol. The number of carboxylic acid groups (broad SMARTS) is 1. The second-order valence-corrected chi connectivity index (χ2v) is 1.13. The van der Waals surface area contributed by atoms with Crippen LogP contribution >= 0.6 is 0 Å². The molecule has 0 aromatic rings. The Kier molecular flexibility index (Phi) is 5.83. The van der Waals surface area contributed by atoms with Gasteiger partial charge >= 0.3 is 5.97 Å². The normalized spacial score (nSPS) is 11.8. The van der Waals surface area contributed by atoms with Gasteiger partial charge in [-0.3, -0.25) is 4.79 Å². The first-order chi connectivity index (χ1) is 3.18. The third kappa shape index (κ3) is 3.54. The molecule has 0 aromatic heterocycles. The molecule has 0 saturated heterocycles. The predicted molar refractivity (Wildman–Crippen MR) is 27.7 cm³/mol. The first kappa shape index (κ1) is 10.4. The van der Waals surface area contributed by atoms with Gasteiger partial charge in [0.25, 0.3) is 0 Å². The zero-order valence-electron chi connectivity index (χ0n) is 4.37. The molecule has 0 rings (SSSR count). The first-order valence-corrected chi connectivity index (χ1v) is 1.77. The molecule has 50 valence electrons. The molecule has 0 spiro atoms. The van der Waals surface area contributed by atoms with Gasteiger partial charge in [0.15, 0.2) is 0 Å². The molecule has 0 saturated carbocycles. The van der Waals surface area contributed by atoms with Crippen LogP contribution in [-0.4, -0.2) is 28.8 Å². The topological polar surface area (TPSA) is 119 Å². The van der Waals surface area contributed by atoms with Gasteiger partial charge in [-0.2, -0.15) is 0 Å². The Bertz CT molecular complexity index is 74.9. The molecular weight excluding hydrogens is 112 g/mol. The molecule has 0 unspecified atom stereocenters. The summed E-state index contributed by atoms with van der Waals surface area (Å²) in [6.45, 7) is -0.505. The Morgan fingerprint density at radius 3 is 2.12 bits per heavy atom. The van der Waals surface area contributed by atoms with E-state index in [1.165, 1.54) is 0 Å². The molecule has 5 heteroatoms. The maximum Gasteiger partial charge on any atom is 0.322 e. The number of hydrogen-bond donors (Lipinski definition) is 4. The third-order valence-corrected chi connectivity index (χ3v) is 0.514. The molecule has 0 aliphatic heterocycles. The van der Waals surface area contributed by atoms with Crippen LogP contribution in [0.15, 0.2) is 0 Å². The lowest BCUT2D eigenvalue weighted by Crippen LogP contribution is -2.33. The summed E-state index contributed by atoms with van der Waals surface area (Å²) < 4.78 is 0. The zero-order valence-corrected chi connectivity index (χ0v) is 4.37. The smallest absolute Gasteiger partial charge is 0.322 e. The van der Waals surface area contributed by atoms with Gasteiger partial charge in [0.05, 0.1) is 6.61 Å². The molecule has 5 nitrogen and oxygen atoms in total. The van der Waals surface area contributed by atoms with E-state index in [0.29, 0.717) is 0 Å². The van der Waals surface area contributed by atoms with Gasteiger partial charge < -0.3 is 22.1 Å². The first-order valence-electron chi connectivity index (χ1n) is 1.77. The maximum absolute atomic E-state index is 9.65. The molecule has 0 radical (unpaired) electrons. The molecule has 0 aliphatic rings. The van der Waals surface area contributed by atoms with Crippen LogP contribution in [0.4, 0.5) is 0 Å². The summed E-state index contributed by atoms with van der Waals surface area (Å²) in [4.78, 5) is 9.65. The van der Waals surface area contributed by atoms with Gasteiger partial charge in [0, 0.05) is 0 Å². The molecule has 0 bridgehead atoms. The highest BCUT2D eigenvalue weighted by Crippen LogP contribution is 1.71. The molecule has 0 amide bonds. The number of hydrogen-bond acceptors (Lipinski definition) is 4. The number of nitrogens with two attached hydrogens (primary N) is 1. The maximum atomic E-state index is 9.65. The van der Waals surface area contributed by atoms with E-state index in [2.05, 4.69) is 0 Å². The molecule has 0 aliphatic carbocycles. The summed E-state index contributed by atoms with van der Waals surface area (Å²) in [5.74, 6) is -1.18. The van der Waals surface area contributed by atoms with Crippen molar-refractivity contribution in [2.45, 2.75) is 6.04 Å². The standard InChI is InChI=1S/C3H7NO3.H3N/c4-2(1-5)3(6)7;/h2,5H,1,4H2,(H,6,7);1H3/t2-;/m0./s1. The van der Waals surface area contributed by atoms with Gasteiger partial charge in [-0.05, 0) is 0 Å². The lowest BCUT2D eigenvalue weighted by atomic mass is 10.3. The lowest BCUT2D eigenvalue weighted by molar-refractivity contribution is -0.139. The number of aliphatic carboxylic acids is 1. The average molecular weight is 122 g/mol. The summed E-state index contributed by atoms with van der Waals surface area (Å²) >= 11 is 0. The lowest BCUT2D eigenvalue weighted by Gasteiger charge is -1.96. The van der Waals surface area contributed by atoms with Crippen LogP contribution in [0.5, 0.6) is 0 Å². The number of carbonyl (C=O) groups is 1. The number of aliphatic hydroxyl groups excluding tert-OH is 1. The van der Waals surface area contributed by atoms with Gasteiger partial charge in [-0.1, -0.05) is 0 Å². The van der Waals surface area contributed by atoms with E-state index in [-0.39, 0.29) is 6.15 Å². The van der Waals surface area contributed by atoms with Crippen LogP contribution in [0.25, 0.3) is 0 Å². The Labute approximate surface area is 46.7 Å². The van der Waals surface area contributed by atoms with Crippen molar-refractivity contribution in [3.05, 3.63) is 0 Å². The Hall–Kier alpha value is -0.650. The largest absolute Gasteiger partial charge is 0.480 e. The SMILES string of the molecule is N.N[C@@H](CO)C(=O)O. The fraction of sp³-hybridized carbons (Fsp3) is 0.667.